The average Bonchev–Trinajstić information content (AvgIpc) is 2.29. The number of hydrogen-bond donors (Lipinski definition) is 1. The summed E-state index contributed by atoms with van der Waals surface area (Å²) in [5, 5.41) is 2.09. The lowest BCUT2D eigenvalue weighted by atomic mass is 10.1. The van der Waals surface area contributed by atoms with Crippen molar-refractivity contribution in [2.45, 2.75) is 4.90 Å². The van der Waals surface area contributed by atoms with Crippen molar-refractivity contribution in [3.63, 3.8) is 0 Å². The Kier molecular flexibility index (Phi) is 2.73. The molecule has 0 aliphatic rings. The second-order valence-electron chi connectivity index (χ2n) is 3.20. The lowest BCUT2D eigenvalue weighted by Gasteiger charge is -2.08. The monoisotopic (exact) mass is 220 g/mol. The zero-order chi connectivity index (χ0) is 10.8. The maximum atomic E-state index is 5.28. The molecule has 0 aliphatic carbocycles. The fourth-order valence-electron chi connectivity index (χ4n) is 1.59. The SMILES string of the molecule is COc1ccc2c(OC)ccc(S)c2c1. The minimum Gasteiger partial charge on any atom is -0.497 e. The Bertz CT molecular complexity index is 494. The highest BCUT2D eigenvalue weighted by atomic mass is 32.1. The summed E-state index contributed by atoms with van der Waals surface area (Å²) in [5.74, 6) is 1.68. The van der Waals surface area contributed by atoms with Gasteiger partial charge in [0.15, 0.2) is 0 Å². The van der Waals surface area contributed by atoms with Crippen LogP contribution in [-0.4, -0.2) is 14.2 Å². The summed E-state index contributed by atoms with van der Waals surface area (Å²) in [6.07, 6.45) is 0. The molecule has 0 aromatic heterocycles. The molecule has 0 fully saturated rings. The van der Waals surface area contributed by atoms with Gasteiger partial charge in [-0.2, -0.15) is 0 Å². The average molecular weight is 220 g/mol. The second-order valence-corrected chi connectivity index (χ2v) is 3.68. The van der Waals surface area contributed by atoms with Crippen LogP contribution in [0.2, 0.25) is 0 Å². The van der Waals surface area contributed by atoms with E-state index in [0.29, 0.717) is 0 Å². The fraction of sp³-hybridized carbons (Fsp3) is 0.167. The number of benzene rings is 2. The van der Waals surface area contributed by atoms with E-state index in [4.69, 9.17) is 9.47 Å². The van der Waals surface area contributed by atoms with Gasteiger partial charge in [0.25, 0.3) is 0 Å². The van der Waals surface area contributed by atoms with Crippen LogP contribution in [0.25, 0.3) is 10.8 Å². The molecule has 0 spiro atoms. The van der Waals surface area contributed by atoms with Crippen LogP contribution in [0, 0.1) is 0 Å². The molecule has 2 rings (SSSR count). The molecule has 0 bridgehead atoms. The number of methoxy groups -OCH3 is 2. The molecule has 2 aromatic rings. The highest BCUT2D eigenvalue weighted by Crippen LogP contribution is 2.32. The minimum absolute atomic E-state index is 0.825. The predicted molar refractivity (Wildman–Crippen MR) is 64.3 cm³/mol. The first-order valence-electron chi connectivity index (χ1n) is 4.60. The van der Waals surface area contributed by atoms with Gasteiger partial charge in [-0.05, 0) is 30.3 Å². The third-order valence-corrected chi connectivity index (χ3v) is 2.77. The maximum absolute atomic E-state index is 5.28. The highest BCUT2D eigenvalue weighted by Gasteiger charge is 2.05. The van der Waals surface area contributed by atoms with Gasteiger partial charge in [-0.3, -0.25) is 0 Å². The first kappa shape index (κ1) is 10.2. The summed E-state index contributed by atoms with van der Waals surface area (Å²) >= 11 is 4.41. The van der Waals surface area contributed by atoms with Gasteiger partial charge >= 0.3 is 0 Å². The molecule has 0 atom stereocenters. The Balaban J connectivity index is 2.75. The van der Waals surface area contributed by atoms with Crippen molar-refractivity contribution in [1.29, 1.82) is 0 Å². The van der Waals surface area contributed by atoms with Gasteiger partial charge < -0.3 is 9.47 Å². The fourth-order valence-corrected chi connectivity index (χ4v) is 1.85. The van der Waals surface area contributed by atoms with Crippen molar-refractivity contribution < 1.29 is 9.47 Å². The molecule has 2 nitrogen and oxygen atoms in total. The first-order chi connectivity index (χ1) is 7.26. The van der Waals surface area contributed by atoms with Gasteiger partial charge in [0.2, 0.25) is 0 Å². The van der Waals surface area contributed by atoms with Crippen molar-refractivity contribution >= 4 is 23.4 Å². The van der Waals surface area contributed by atoms with E-state index in [1.807, 2.05) is 30.3 Å². The second kappa shape index (κ2) is 4.03. The number of ether oxygens (including phenoxy) is 2. The lowest BCUT2D eigenvalue weighted by molar-refractivity contribution is 0.414. The number of hydrogen-bond acceptors (Lipinski definition) is 3. The molecule has 78 valence electrons. The number of rotatable bonds is 2. The van der Waals surface area contributed by atoms with E-state index in [1.165, 1.54) is 0 Å². The van der Waals surface area contributed by atoms with Crippen LogP contribution < -0.4 is 9.47 Å². The molecule has 0 aliphatic heterocycles. The Morgan fingerprint density at radius 3 is 2.40 bits per heavy atom. The summed E-state index contributed by atoms with van der Waals surface area (Å²) in [6.45, 7) is 0. The quantitative estimate of drug-likeness (QED) is 0.784. The van der Waals surface area contributed by atoms with E-state index in [9.17, 15) is 0 Å². The molecule has 0 saturated carbocycles. The maximum Gasteiger partial charge on any atom is 0.126 e. The summed E-state index contributed by atoms with van der Waals surface area (Å²) in [6, 6.07) is 9.69. The van der Waals surface area contributed by atoms with Crippen molar-refractivity contribution in [2.75, 3.05) is 14.2 Å². The Morgan fingerprint density at radius 1 is 0.933 bits per heavy atom. The molecule has 3 heteroatoms. The van der Waals surface area contributed by atoms with Crippen LogP contribution in [0.15, 0.2) is 35.2 Å². The highest BCUT2D eigenvalue weighted by molar-refractivity contribution is 7.80. The van der Waals surface area contributed by atoms with Crippen LogP contribution in [0.1, 0.15) is 0 Å². The predicted octanol–water partition coefficient (Wildman–Crippen LogP) is 3.15. The van der Waals surface area contributed by atoms with Gasteiger partial charge in [0.05, 0.1) is 14.2 Å². The van der Waals surface area contributed by atoms with Crippen LogP contribution in [0.5, 0.6) is 11.5 Å². The smallest absolute Gasteiger partial charge is 0.126 e. The summed E-state index contributed by atoms with van der Waals surface area (Å²) in [7, 11) is 3.32. The molecule has 0 N–H and O–H groups in total. The third kappa shape index (κ3) is 1.75. The van der Waals surface area contributed by atoms with E-state index >= 15 is 0 Å². The van der Waals surface area contributed by atoms with Crippen molar-refractivity contribution in [2.24, 2.45) is 0 Å². The summed E-state index contributed by atoms with van der Waals surface area (Å²) in [5.41, 5.74) is 0. The van der Waals surface area contributed by atoms with E-state index in [1.54, 1.807) is 14.2 Å². The Hall–Kier alpha value is -1.35. The van der Waals surface area contributed by atoms with Gasteiger partial charge in [-0.25, -0.2) is 0 Å². The standard InChI is InChI=1S/C12H12O2S/c1-13-8-3-4-9-10(7-8)12(15)6-5-11(9)14-2/h3-7,15H,1-2H3. The molecular weight excluding hydrogens is 208 g/mol. The largest absolute Gasteiger partial charge is 0.497 e. The van der Waals surface area contributed by atoms with Gasteiger partial charge in [-0.15, -0.1) is 12.6 Å². The van der Waals surface area contributed by atoms with Crippen LogP contribution in [0.3, 0.4) is 0 Å². The van der Waals surface area contributed by atoms with Crippen molar-refractivity contribution in [1.82, 2.24) is 0 Å². The molecule has 15 heavy (non-hydrogen) atoms. The molecule has 2 aromatic carbocycles. The lowest BCUT2D eigenvalue weighted by Crippen LogP contribution is -1.87. The molecule has 0 saturated heterocycles. The van der Waals surface area contributed by atoms with Gasteiger partial charge in [0, 0.05) is 15.7 Å². The van der Waals surface area contributed by atoms with E-state index in [-0.39, 0.29) is 0 Å². The Labute approximate surface area is 94.2 Å². The summed E-state index contributed by atoms with van der Waals surface area (Å²) < 4.78 is 10.5. The normalized spacial score (nSPS) is 10.3. The van der Waals surface area contributed by atoms with E-state index in [0.717, 1.165) is 27.2 Å². The summed E-state index contributed by atoms with van der Waals surface area (Å²) in [4.78, 5) is 0.921. The minimum atomic E-state index is 0.825. The van der Waals surface area contributed by atoms with Gasteiger partial charge in [-0.1, -0.05) is 0 Å². The zero-order valence-corrected chi connectivity index (χ0v) is 9.54. The molecule has 0 unspecified atom stereocenters. The number of thiol groups is 1. The molecular formula is C12H12O2S. The Morgan fingerprint density at radius 2 is 1.73 bits per heavy atom. The molecule has 0 amide bonds. The van der Waals surface area contributed by atoms with Gasteiger partial charge in [0.1, 0.15) is 11.5 Å². The van der Waals surface area contributed by atoms with Crippen molar-refractivity contribution in [3.05, 3.63) is 30.3 Å². The topological polar surface area (TPSA) is 18.5 Å². The van der Waals surface area contributed by atoms with Crippen LogP contribution >= 0.6 is 12.6 Å². The zero-order valence-electron chi connectivity index (χ0n) is 8.65. The molecule has 0 radical (unpaired) electrons. The number of fused-ring (bicyclic) bond motifs is 1. The van der Waals surface area contributed by atoms with Crippen molar-refractivity contribution in [3.8, 4) is 11.5 Å². The van der Waals surface area contributed by atoms with Crippen LogP contribution in [0.4, 0.5) is 0 Å². The van der Waals surface area contributed by atoms with E-state index in [2.05, 4.69) is 12.6 Å². The third-order valence-electron chi connectivity index (χ3n) is 2.38. The first-order valence-corrected chi connectivity index (χ1v) is 5.04. The van der Waals surface area contributed by atoms with Crippen LogP contribution in [-0.2, 0) is 0 Å². The molecule has 0 heterocycles. The van der Waals surface area contributed by atoms with E-state index < -0.39 is 0 Å².